The number of halogens is 1. The second-order valence-corrected chi connectivity index (χ2v) is 5.84. The number of nitrogens with zero attached hydrogens (tertiary/aromatic N) is 1. The first-order valence-electron chi connectivity index (χ1n) is 7.02. The first-order chi connectivity index (χ1) is 10.0. The van der Waals surface area contributed by atoms with Gasteiger partial charge in [0.2, 0.25) is 5.91 Å². The smallest absolute Gasteiger partial charge is 0.303 e. The van der Waals surface area contributed by atoms with Gasteiger partial charge in [0, 0.05) is 23.7 Å². The van der Waals surface area contributed by atoms with Gasteiger partial charge < -0.3 is 10.4 Å². The van der Waals surface area contributed by atoms with Gasteiger partial charge in [0.05, 0.1) is 6.54 Å². The summed E-state index contributed by atoms with van der Waals surface area (Å²) in [4.78, 5) is 24.8. The summed E-state index contributed by atoms with van der Waals surface area (Å²) in [7, 11) is 0. The summed E-state index contributed by atoms with van der Waals surface area (Å²) >= 11 is 5.87. The van der Waals surface area contributed by atoms with E-state index >= 15 is 0 Å². The number of likely N-dealkylation sites (tertiary alicyclic amines) is 1. The number of nitrogens with one attached hydrogen (secondary N) is 1. The van der Waals surface area contributed by atoms with E-state index < -0.39 is 5.97 Å². The minimum atomic E-state index is -0.773. The van der Waals surface area contributed by atoms with Crippen molar-refractivity contribution in [3.05, 3.63) is 29.3 Å². The lowest BCUT2D eigenvalue weighted by atomic mass is 9.95. The normalized spacial score (nSPS) is 19.2. The summed E-state index contributed by atoms with van der Waals surface area (Å²) in [6.07, 6.45) is 2.02. The van der Waals surface area contributed by atoms with Crippen LogP contribution in [0.25, 0.3) is 0 Å². The van der Waals surface area contributed by atoms with Gasteiger partial charge in [-0.05, 0) is 43.5 Å². The average molecular weight is 311 g/mol. The fraction of sp³-hybridized carbons (Fsp3) is 0.467. The first-order valence-corrected chi connectivity index (χ1v) is 7.40. The Hall–Kier alpha value is -1.59. The van der Waals surface area contributed by atoms with Gasteiger partial charge in [-0.2, -0.15) is 0 Å². The number of rotatable bonds is 5. The third-order valence-corrected chi connectivity index (χ3v) is 3.78. The third kappa shape index (κ3) is 5.36. The molecule has 1 aliphatic heterocycles. The largest absolute Gasteiger partial charge is 0.481 e. The first kappa shape index (κ1) is 15.8. The van der Waals surface area contributed by atoms with Crippen LogP contribution in [-0.4, -0.2) is 41.5 Å². The maximum absolute atomic E-state index is 12.0. The van der Waals surface area contributed by atoms with Crippen LogP contribution in [0.15, 0.2) is 24.3 Å². The molecule has 1 fully saturated rings. The lowest BCUT2D eigenvalue weighted by Crippen LogP contribution is -2.41. The van der Waals surface area contributed by atoms with E-state index in [-0.39, 0.29) is 24.8 Å². The molecule has 1 saturated heterocycles. The molecule has 0 bridgehead atoms. The van der Waals surface area contributed by atoms with E-state index in [0.717, 1.165) is 19.4 Å². The molecule has 21 heavy (non-hydrogen) atoms. The highest BCUT2D eigenvalue weighted by molar-refractivity contribution is 6.30. The molecule has 1 aromatic rings. The van der Waals surface area contributed by atoms with Gasteiger partial charge in [-0.15, -0.1) is 0 Å². The molecule has 0 radical (unpaired) electrons. The van der Waals surface area contributed by atoms with Gasteiger partial charge in [-0.1, -0.05) is 17.7 Å². The van der Waals surface area contributed by atoms with Crippen LogP contribution in [-0.2, 0) is 9.59 Å². The standard InChI is InChI=1S/C15H19ClN2O3/c16-12-4-1-5-13(8-12)17-14(19)10-18-6-2-3-11(9-18)7-15(20)21/h1,4-5,8,11H,2-3,6-7,9-10H2,(H,17,19)(H,20,21). The van der Waals surface area contributed by atoms with Crippen LogP contribution in [0.2, 0.25) is 5.02 Å². The van der Waals surface area contributed by atoms with Crippen molar-refractivity contribution in [2.24, 2.45) is 5.92 Å². The van der Waals surface area contributed by atoms with E-state index in [1.54, 1.807) is 24.3 Å². The molecule has 1 aromatic carbocycles. The number of amides is 1. The number of carbonyl (C=O) groups excluding carboxylic acids is 1. The molecule has 0 spiro atoms. The van der Waals surface area contributed by atoms with Gasteiger partial charge in [0.1, 0.15) is 0 Å². The Bertz CT molecular complexity index is 521. The zero-order chi connectivity index (χ0) is 15.2. The van der Waals surface area contributed by atoms with Gasteiger partial charge in [0.25, 0.3) is 0 Å². The van der Waals surface area contributed by atoms with Crippen molar-refractivity contribution in [3.63, 3.8) is 0 Å². The van der Waals surface area contributed by atoms with Crippen LogP contribution in [0.5, 0.6) is 0 Å². The molecule has 6 heteroatoms. The Morgan fingerprint density at radius 1 is 1.43 bits per heavy atom. The minimum Gasteiger partial charge on any atom is -0.481 e. The van der Waals surface area contributed by atoms with Crippen molar-refractivity contribution in [2.45, 2.75) is 19.3 Å². The van der Waals surface area contributed by atoms with Crippen molar-refractivity contribution in [1.29, 1.82) is 0 Å². The number of carboxylic acid groups (broad SMARTS) is 1. The Labute approximate surface area is 128 Å². The number of benzene rings is 1. The number of aliphatic carboxylic acids is 1. The predicted octanol–water partition coefficient (Wildman–Crippen LogP) is 2.47. The summed E-state index contributed by atoms with van der Waals surface area (Å²) in [6.45, 7) is 1.77. The zero-order valence-electron chi connectivity index (χ0n) is 11.7. The Kier molecular flexibility index (Phi) is 5.59. The molecule has 1 amide bonds. The van der Waals surface area contributed by atoms with Crippen molar-refractivity contribution in [3.8, 4) is 0 Å². The Morgan fingerprint density at radius 3 is 2.95 bits per heavy atom. The number of piperidine rings is 1. The minimum absolute atomic E-state index is 0.103. The van der Waals surface area contributed by atoms with E-state index in [2.05, 4.69) is 5.32 Å². The maximum Gasteiger partial charge on any atom is 0.303 e. The highest BCUT2D eigenvalue weighted by Gasteiger charge is 2.23. The van der Waals surface area contributed by atoms with Gasteiger partial charge in [0.15, 0.2) is 0 Å². The van der Waals surface area contributed by atoms with Crippen LogP contribution in [0.1, 0.15) is 19.3 Å². The van der Waals surface area contributed by atoms with Crippen molar-refractivity contribution < 1.29 is 14.7 Å². The zero-order valence-corrected chi connectivity index (χ0v) is 12.5. The fourth-order valence-corrected chi connectivity index (χ4v) is 2.87. The summed E-state index contributed by atoms with van der Waals surface area (Å²) in [6, 6.07) is 7.01. The van der Waals surface area contributed by atoms with Crippen molar-refractivity contribution in [1.82, 2.24) is 4.90 Å². The summed E-state index contributed by atoms with van der Waals surface area (Å²) in [5.74, 6) is -0.742. The number of carboxylic acids is 1. The van der Waals surface area contributed by atoms with Gasteiger partial charge in [-0.3, -0.25) is 14.5 Å². The van der Waals surface area contributed by atoms with E-state index in [1.165, 1.54) is 0 Å². The molecular formula is C15H19ClN2O3. The van der Waals surface area contributed by atoms with Crippen LogP contribution in [0, 0.1) is 5.92 Å². The Balaban J connectivity index is 1.83. The quantitative estimate of drug-likeness (QED) is 0.876. The molecular weight excluding hydrogens is 292 g/mol. The molecule has 2 N–H and O–H groups in total. The third-order valence-electron chi connectivity index (χ3n) is 3.54. The molecule has 0 aromatic heterocycles. The van der Waals surface area contributed by atoms with Crippen LogP contribution in [0.4, 0.5) is 5.69 Å². The Morgan fingerprint density at radius 2 is 2.24 bits per heavy atom. The number of hydrogen-bond donors (Lipinski definition) is 2. The molecule has 0 saturated carbocycles. The molecule has 1 unspecified atom stereocenters. The second kappa shape index (κ2) is 7.43. The summed E-state index contributed by atoms with van der Waals surface area (Å²) < 4.78 is 0. The lowest BCUT2D eigenvalue weighted by Gasteiger charge is -2.31. The molecule has 2 rings (SSSR count). The highest BCUT2D eigenvalue weighted by Crippen LogP contribution is 2.20. The molecule has 114 valence electrons. The van der Waals surface area contributed by atoms with Crippen molar-refractivity contribution >= 4 is 29.2 Å². The van der Waals surface area contributed by atoms with Gasteiger partial charge in [-0.25, -0.2) is 0 Å². The fourth-order valence-electron chi connectivity index (χ4n) is 2.68. The average Bonchev–Trinajstić information content (AvgIpc) is 2.37. The molecule has 1 heterocycles. The highest BCUT2D eigenvalue weighted by atomic mass is 35.5. The number of anilines is 1. The van der Waals surface area contributed by atoms with E-state index in [9.17, 15) is 9.59 Å². The summed E-state index contributed by atoms with van der Waals surface area (Å²) in [5.41, 5.74) is 0.673. The van der Waals surface area contributed by atoms with E-state index in [0.29, 0.717) is 17.3 Å². The number of hydrogen-bond acceptors (Lipinski definition) is 3. The summed E-state index contributed by atoms with van der Waals surface area (Å²) in [5, 5.41) is 12.2. The van der Waals surface area contributed by atoms with E-state index in [4.69, 9.17) is 16.7 Å². The molecule has 1 aliphatic rings. The van der Waals surface area contributed by atoms with Crippen molar-refractivity contribution in [2.75, 3.05) is 25.0 Å². The number of carbonyl (C=O) groups is 2. The monoisotopic (exact) mass is 310 g/mol. The van der Waals surface area contributed by atoms with Crippen LogP contribution in [0.3, 0.4) is 0 Å². The topological polar surface area (TPSA) is 69.6 Å². The molecule has 5 nitrogen and oxygen atoms in total. The maximum atomic E-state index is 12.0. The van der Waals surface area contributed by atoms with Gasteiger partial charge >= 0.3 is 5.97 Å². The lowest BCUT2D eigenvalue weighted by molar-refractivity contribution is -0.138. The molecule has 0 aliphatic carbocycles. The van der Waals surface area contributed by atoms with E-state index in [1.807, 2.05) is 4.90 Å². The predicted molar refractivity (Wildman–Crippen MR) is 81.5 cm³/mol. The van der Waals surface area contributed by atoms with Crippen LogP contribution >= 0.6 is 11.6 Å². The van der Waals surface area contributed by atoms with Crippen LogP contribution < -0.4 is 5.32 Å². The second-order valence-electron chi connectivity index (χ2n) is 5.40. The SMILES string of the molecule is O=C(O)CC1CCCN(CC(=O)Nc2cccc(Cl)c2)C1. The molecule has 1 atom stereocenters.